The molecule has 90 valence electrons. The van der Waals surface area contributed by atoms with Crippen molar-refractivity contribution in [1.29, 1.82) is 0 Å². The summed E-state index contributed by atoms with van der Waals surface area (Å²) in [5, 5.41) is 7.06. The Morgan fingerprint density at radius 1 is 0.933 bits per heavy atom. The summed E-state index contributed by atoms with van der Waals surface area (Å²) in [5.41, 5.74) is 0. The summed E-state index contributed by atoms with van der Waals surface area (Å²) < 4.78 is 0. The van der Waals surface area contributed by atoms with E-state index in [1.807, 2.05) is 0 Å². The Hall–Kier alpha value is -0.0800. The van der Waals surface area contributed by atoms with Crippen LogP contribution in [0.4, 0.5) is 0 Å². The van der Waals surface area contributed by atoms with Gasteiger partial charge in [-0.05, 0) is 19.3 Å². The van der Waals surface area contributed by atoms with E-state index in [0.717, 1.165) is 18.8 Å². The van der Waals surface area contributed by atoms with Crippen LogP contribution < -0.4 is 10.6 Å². The summed E-state index contributed by atoms with van der Waals surface area (Å²) >= 11 is 0. The minimum atomic E-state index is 0.756. The van der Waals surface area contributed by atoms with Crippen LogP contribution in [0, 0.1) is 0 Å². The number of unbranched alkanes of at least 4 members (excludes halogenated alkanes) is 4. The minimum absolute atomic E-state index is 0.756. The third-order valence-electron chi connectivity index (χ3n) is 3.50. The normalized spacial score (nSPS) is 26.8. The van der Waals surface area contributed by atoms with Crippen LogP contribution in [0.2, 0.25) is 0 Å². The van der Waals surface area contributed by atoms with Crippen molar-refractivity contribution in [3.05, 3.63) is 0 Å². The highest BCUT2D eigenvalue weighted by atomic mass is 15.1. The molecule has 0 saturated carbocycles. The number of hydrogen-bond donors (Lipinski definition) is 2. The zero-order valence-electron chi connectivity index (χ0n) is 10.5. The van der Waals surface area contributed by atoms with Crippen LogP contribution in [0.3, 0.4) is 0 Å². The van der Waals surface area contributed by atoms with Gasteiger partial charge in [-0.25, -0.2) is 0 Å². The summed E-state index contributed by atoms with van der Waals surface area (Å²) in [7, 11) is 0. The largest absolute Gasteiger partial charge is 0.302 e. The fraction of sp³-hybridized carbons (Fsp3) is 1.00. The van der Waals surface area contributed by atoms with E-state index in [-0.39, 0.29) is 0 Å². The van der Waals surface area contributed by atoms with Crippen molar-refractivity contribution in [3.63, 3.8) is 0 Å². The second-order valence-electron chi connectivity index (χ2n) is 4.83. The van der Waals surface area contributed by atoms with Gasteiger partial charge in [-0.1, -0.05) is 46.0 Å². The van der Waals surface area contributed by atoms with Crippen molar-refractivity contribution >= 4 is 0 Å². The van der Waals surface area contributed by atoms with Gasteiger partial charge < -0.3 is 10.6 Å². The van der Waals surface area contributed by atoms with Gasteiger partial charge in [0.1, 0.15) is 0 Å². The molecule has 1 fully saturated rings. The average molecular weight is 212 g/mol. The van der Waals surface area contributed by atoms with Gasteiger partial charge in [0.25, 0.3) is 0 Å². The lowest BCUT2D eigenvalue weighted by atomic mass is 9.97. The molecule has 2 unspecified atom stereocenters. The predicted molar refractivity (Wildman–Crippen MR) is 67.0 cm³/mol. The van der Waals surface area contributed by atoms with Gasteiger partial charge in [-0.3, -0.25) is 0 Å². The van der Waals surface area contributed by atoms with Crippen LogP contribution in [0.15, 0.2) is 0 Å². The van der Waals surface area contributed by atoms with Crippen LogP contribution >= 0.6 is 0 Å². The van der Waals surface area contributed by atoms with Gasteiger partial charge in [-0.15, -0.1) is 0 Å². The lowest BCUT2D eigenvalue weighted by Crippen LogP contribution is -2.50. The van der Waals surface area contributed by atoms with E-state index >= 15 is 0 Å². The van der Waals surface area contributed by atoms with E-state index in [2.05, 4.69) is 24.5 Å². The highest BCUT2D eigenvalue weighted by Gasteiger charge is 2.18. The molecule has 1 aliphatic heterocycles. The van der Waals surface area contributed by atoms with Crippen LogP contribution in [0.5, 0.6) is 0 Å². The first-order valence-electron chi connectivity index (χ1n) is 6.83. The maximum absolute atomic E-state index is 3.56. The van der Waals surface area contributed by atoms with Gasteiger partial charge in [0.05, 0.1) is 0 Å². The second kappa shape index (κ2) is 8.12. The Bertz CT molecular complexity index is 147. The van der Waals surface area contributed by atoms with E-state index in [4.69, 9.17) is 0 Å². The van der Waals surface area contributed by atoms with E-state index < -0.39 is 0 Å². The molecule has 1 rings (SSSR count). The molecule has 0 radical (unpaired) electrons. The fourth-order valence-electron chi connectivity index (χ4n) is 2.38. The Labute approximate surface area is 95.2 Å². The minimum Gasteiger partial charge on any atom is -0.302 e. The zero-order chi connectivity index (χ0) is 10.9. The van der Waals surface area contributed by atoms with Crippen LogP contribution in [-0.2, 0) is 0 Å². The first kappa shape index (κ1) is 13.0. The monoisotopic (exact) mass is 212 g/mol. The first-order chi connectivity index (χ1) is 7.36. The molecule has 1 aliphatic rings. The Morgan fingerprint density at radius 3 is 2.40 bits per heavy atom. The predicted octanol–water partition coefficient (Wildman–Crippen LogP) is 3.03. The molecule has 0 amide bonds. The van der Waals surface area contributed by atoms with Crippen LogP contribution in [0.25, 0.3) is 0 Å². The van der Waals surface area contributed by atoms with Gasteiger partial charge in [0.2, 0.25) is 0 Å². The Balaban J connectivity index is 2.00. The molecule has 0 aromatic carbocycles. The molecule has 2 atom stereocenters. The molecular formula is C13H28N2. The SMILES string of the molecule is CCCCCCCC1CC(CC)NCN1. The molecule has 2 nitrogen and oxygen atoms in total. The van der Waals surface area contributed by atoms with E-state index in [1.165, 1.54) is 51.4 Å². The molecule has 0 aromatic rings. The van der Waals surface area contributed by atoms with E-state index in [0.29, 0.717) is 0 Å². The molecule has 0 spiro atoms. The molecule has 15 heavy (non-hydrogen) atoms. The van der Waals surface area contributed by atoms with E-state index in [9.17, 15) is 0 Å². The molecule has 0 aliphatic carbocycles. The summed E-state index contributed by atoms with van der Waals surface area (Å²) in [5.74, 6) is 0. The molecule has 1 saturated heterocycles. The highest BCUT2D eigenvalue weighted by molar-refractivity contribution is 4.79. The molecule has 2 heteroatoms. The molecule has 0 aromatic heterocycles. The average Bonchev–Trinajstić information content (AvgIpc) is 2.29. The van der Waals surface area contributed by atoms with Crippen molar-refractivity contribution in [2.24, 2.45) is 0 Å². The van der Waals surface area contributed by atoms with Crippen molar-refractivity contribution in [2.45, 2.75) is 77.3 Å². The fourth-order valence-corrected chi connectivity index (χ4v) is 2.38. The number of hydrogen-bond acceptors (Lipinski definition) is 2. The maximum atomic E-state index is 3.56. The van der Waals surface area contributed by atoms with Gasteiger partial charge in [0, 0.05) is 18.8 Å². The van der Waals surface area contributed by atoms with Crippen molar-refractivity contribution < 1.29 is 0 Å². The summed E-state index contributed by atoms with van der Waals surface area (Å²) in [6.07, 6.45) is 11.0. The van der Waals surface area contributed by atoms with Crippen molar-refractivity contribution in [2.75, 3.05) is 6.67 Å². The number of nitrogens with one attached hydrogen (secondary N) is 2. The molecule has 0 bridgehead atoms. The lowest BCUT2D eigenvalue weighted by Gasteiger charge is -2.31. The van der Waals surface area contributed by atoms with Crippen LogP contribution in [-0.4, -0.2) is 18.8 Å². The van der Waals surface area contributed by atoms with Gasteiger partial charge in [0.15, 0.2) is 0 Å². The molecular weight excluding hydrogens is 184 g/mol. The third kappa shape index (κ3) is 5.53. The summed E-state index contributed by atoms with van der Waals surface area (Å²) in [6, 6.07) is 1.53. The highest BCUT2D eigenvalue weighted by Crippen LogP contribution is 2.13. The van der Waals surface area contributed by atoms with Crippen LogP contribution in [0.1, 0.15) is 65.2 Å². The Morgan fingerprint density at radius 2 is 1.67 bits per heavy atom. The van der Waals surface area contributed by atoms with Gasteiger partial charge in [-0.2, -0.15) is 0 Å². The lowest BCUT2D eigenvalue weighted by molar-refractivity contribution is 0.292. The molecule has 2 N–H and O–H groups in total. The van der Waals surface area contributed by atoms with Crippen molar-refractivity contribution in [1.82, 2.24) is 10.6 Å². The number of rotatable bonds is 7. The van der Waals surface area contributed by atoms with Crippen molar-refractivity contribution in [3.8, 4) is 0 Å². The smallest absolute Gasteiger partial charge is 0.0458 e. The molecule has 1 heterocycles. The summed E-state index contributed by atoms with van der Waals surface area (Å²) in [6.45, 7) is 5.57. The summed E-state index contributed by atoms with van der Waals surface area (Å²) in [4.78, 5) is 0. The maximum Gasteiger partial charge on any atom is 0.0458 e. The quantitative estimate of drug-likeness (QED) is 0.634. The van der Waals surface area contributed by atoms with Gasteiger partial charge >= 0.3 is 0 Å². The Kier molecular flexibility index (Phi) is 7.03. The first-order valence-corrected chi connectivity index (χ1v) is 6.83. The zero-order valence-corrected chi connectivity index (χ0v) is 10.5. The standard InChI is InChI=1S/C13H28N2/c1-3-5-6-7-8-9-13-10-12(4-2)14-11-15-13/h12-15H,3-11H2,1-2H3. The second-order valence-corrected chi connectivity index (χ2v) is 4.83. The third-order valence-corrected chi connectivity index (χ3v) is 3.50. The topological polar surface area (TPSA) is 24.1 Å². The van der Waals surface area contributed by atoms with E-state index in [1.54, 1.807) is 0 Å².